The van der Waals surface area contributed by atoms with E-state index in [1.54, 1.807) is 0 Å². The number of quaternary nitrogens is 1. The maximum absolute atomic E-state index is 11.4. The quantitative estimate of drug-likeness (QED) is 0.749. The van der Waals surface area contributed by atoms with Crippen LogP contribution in [-0.4, -0.2) is 46.2 Å². The van der Waals surface area contributed by atoms with Gasteiger partial charge in [0.05, 0.1) is 31.4 Å². The first-order chi connectivity index (χ1) is 12.0. The molecule has 132 valence electrons. The number of para-hydroxylation sites is 1. The van der Waals surface area contributed by atoms with Gasteiger partial charge in [-0.05, 0) is 24.5 Å². The van der Waals surface area contributed by atoms with Crippen LogP contribution in [0.5, 0.6) is 0 Å². The van der Waals surface area contributed by atoms with Crippen molar-refractivity contribution in [1.82, 2.24) is 4.57 Å². The summed E-state index contributed by atoms with van der Waals surface area (Å²) >= 11 is 0. The van der Waals surface area contributed by atoms with Crippen LogP contribution in [0.1, 0.15) is 30.6 Å². The molecule has 4 saturated heterocycles. The lowest BCUT2D eigenvalue weighted by Gasteiger charge is -2.68. The third kappa shape index (κ3) is 1.48. The first kappa shape index (κ1) is 14.8. The molecule has 0 aliphatic carbocycles. The number of rotatable bonds is 0. The lowest BCUT2D eigenvalue weighted by atomic mass is 9.57. The first-order valence-electron chi connectivity index (χ1n) is 9.75. The number of aryl methyl sites for hydroxylation is 1. The smallest absolute Gasteiger partial charge is 0.196 e. The molecule has 25 heavy (non-hydrogen) atoms. The van der Waals surface area contributed by atoms with Gasteiger partial charge < -0.3 is 14.4 Å². The number of nitrogens with zero attached hydrogens (tertiary/aromatic N) is 2. The molecule has 1 N–H and O–H groups in total. The molecule has 6 bridgehead atoms. The fourth-order valence-corrected chi connectivity index (χ4v) is 7.27. The van der Waals surface area contributed by atoms with Crippen LogP contribution >= 0.6 is 0 Å². The zero-order valence-electron chi connectivity index (χ0n) is 15.2. The number of hydrogen-bond donors (Lipinski definition) is 1. The third-order valence-electron chi connectivity index (χ3n) is 8.42. The number of piperidine rings is 3. The van der Waals surface area contributed by atoms with Gasteiger partial charge in [0, 0.05) is 36.7 Å². The molecule has 4 heteroatoms. The van der Waals surface area contributed by atoms with Crippen molar-refractivity contribution in [1.29, 1.82) is 0 Å². The second-order valence-corrected chi connectivity index (χ2v) is 9.04. The first-order valence-corrected chi connectivity index (χ1v) is 9.75. The van der Waals surface area contributed by atoms with Gasteiger partial charge in [-0.1, -0.05) is 18.2 Å². The van der Waals surface area contributed by atoms with Crippen LogP contribution in [0.4, 0.5) is 0 Å². The van der Waals surface area contributed by atoms with Crippen molar-refractivity contribution in [3.8, 4) is 0 Å². The Morgan fingerprint density at radius 1 is 1.24 bits per heavy atom. The van der Waals surface area contributed by atoms with E-state index in [2.05, 4.69) is 49.9 Å². The molecule has 4 nitrogen and oxygen atoms in total. The van der Waals surface area contributed by atoms with Crippen molar-refractivity contribution in [2.75, 3.05) is 13.7 Å². The zero-order chi connectivity index (χ0) is 17.1. The molecular weight excluding hydrogens is 312 g/mol. The van der Waals surface area contributed by atoms with Gasteiger partial charge in [0.1, 0.15) is 12.1 Å². The summed E-state index contributed by atoms with van der Waals surface area (Å²) in [6, 6.07) is 9.73. The molecule has 1 aromatic heterocycles. The minimum Gasteiger partial charge on any atom is -0.377 e. The highest BCUT2D eigenvalue weighted by Crippen LogP contribution is 2.62. The van der Waals surface area contributed by atoms with Gasteiger partial charge >= 0.3 is 0 Å². The Morgan fingerprint density at radius 2 is 2.04 bits per heavy atom. The predicted molar refractivity (Wildman–Crippen MR) is 95.8 cm³/mol. The van der Waals surface area contributed by atoms with Crippen LogP contribution in [-0.2, 0) is 18.2 Å². The van der Waals surface area contributed by atoms with Crippen molar-refractivity contribution in [2.24, 2.45) is 24.8 Å². The molecule has 1 unspecified atom stereocenters. The van der Waals surface area contributed by atoms with E-state index in [9.17, 15) is 5.11 Å². The highest BCUT2D eigenvalue weighted by molar-refractivity contribution is 5.86. The molecular formula is C21H27N2O2+. The Morgan fingerprint density at radius 3 is 2.88 bits per heavy atom. The average molecular weight is 339 g/mol. The van der Waals surface area contributed by atoms with Gasteiger partial charge in [-0.2, -0.15) is 0 Å². The minimum atomic E-state index is -0.300. The fourth-order valence-electron chi connectivity index (χ4n) is 7.27. The van der Waals surface area contributed by atoms with E-state index in [4.69, 9.17) is 4.74 Å². The topological polar surface area (TPSA) is 34.4 Å². The van der Waals surface area contributed by atoms with Gasteiger partial charge in [-0.25, -0.2) is 0 Å². The Bertz CT molecular complexity index is 887. The minimum absolute atomic E-state index is 0.182. The maximum Gasteiger partial charge on any atom is 0.196 e. The summed E-state index contributed by atoms with van der Waals surface area (Å²) in [4.78, 5) is 0. The number of aromatic nitrogens is 1. The average Bonchev–Trinajstić information content (AvgIpc) is 2.87. The molecule has 5 aliphatic rings. The molecule has 0 amide bonds. The monoisotopic (exact) mass is 339 g/mol. The molecule has 0 spiro atoms. The Kier molecular flexibility index (Phi) is 2.65. The number of aliphatic hydroxyl groups excluding tert-OH is 1. The van der Waals surface area contributed by atoms with Crippen molar-refractivity contribution in [3.05, 3.63) is 35.5 Å². The van der Waals surface area contributed by atoms with Crippen molar-refractivity contribution in [3.63, 3.8) is 0 Å². The van der Waals surface area contributed by atoms with E-state index in [0.717, 1.165) is 17.5 Å². The van der Waals surface area contributed by atoms with E-state index < -0.39 is 0 Å². The molecule has 8 atom stereocenters. The highest BCUT2D eigenvalue weighted by Gasteiger charge is 2.70. The summed E-state index contributed by atoms with van der Waals surface area (Å²) in [5, 5.41) is 12.8. The van der Waals surface area contributed by atoms with E-state index in [1.165, 1.54) is 28.6 Å². The number of ether oxygens (including phenoxy) is 1. The fraction of sp³-hybridized carbons (Fsp3) is 0.619. The van der Waals surface area contributed by atoms with Gasteiger partial charge in [-0.15, -0.1) is 0 Å². The second-order valence-electron chi connectivity index (χ2n) is 9.04. The number of hydrogen-bond acceptors (Lipinski definition) is 2. The summed E-state index contributed by atoms with van der Waals surface area (Å²) in [5.74, 6) is 1.50. The normalized spacial score (nSPS) is 47.1. The molecule has 6 heterocycles. The maximum atomic E-state index is 11.4. The molecule has 0 saturated carbocycles. The van der Waals surface area contributed by atoms with Crippen LogP contribution in [0.25, 0.3) is 10.9 Å². The predicted octanol–water partition coefficient (Wildman–Crippen LogP) is 2.59. The van der Waals surface area contributed by atoms with Gasteiger partial charge in [0.25, 0.3) is 0 Å². The highest BCUT2D eigenvalue weighted by atomic mass is 16.5. The number of aliphatic hydroxyl groups is 1. The van der Waals surface area contributed by atoms with Crippen molar-refractivity contribution in [2.45, 2.75) is 44.2 Å². The Balaban J connectivity index is 1.62. The zero-order valence-corrected chi connectivity index (χ0v) is 15.2. The van der Waals surface area contributed by atoms with Crippen LogP contribution in [0.3, 0.4) is 0 Å². The lowest BCUT2D eigenvalue weighted by molar-refractivity contribution is -1.03. The van der Waals surface area contributed by atoms with Crippen LogP contribution in [0.15, 0.2) is 24.3 Å². The van der Waals surface area contributed by atoms with E-state index in [1.807, 2.05) is 0 Å². The summed E-state index contributed by atoms with van der Waals surface area (Å²) in [6.07, 6.45) is 2.16. The summed E-state index contributed by atoms with van der Waals surface area (Å²) in [7, 11) is 4.55. The van der Waals surface area contributed by atoms with E-state index in [-0.39, 0.29) is 12.3 Å². The third-order valence-corrected chi connectivity index (χ3v) is 8.42. The largest absolute Gasteiger partial charge is 0.377 e. The number of fused-ring (bicyclic) bond motifs is 3. The Labute approximate surface area is 148 Å². The number of likely N-dealkylation sites (N-methyl/N-ethyl adjacent to an activating group) is 1. The lowest BCUT2D eigenvalue weighted by Crippen LogP contribution is -2.79. The SMILES string of the molecule is C[C@H]1OC[C@@H]2[C@H]3C[C@H]4c5c(c6ccccc6n5C)C[C@@H]2[N+]4(C)[C@H](O)[C@H]31. The van der Waals surface area contributed by atoms with Crippen LogP contribution in [0, 0.1) is 17.8 Å². The molecule has 1 aromatic carbocycles. The van der Waals surface area contributed by atoms with Crippen molar-refractivity contribution < 1.29 is 14.3 Å². The number of benzene rings is 1. The summed E-state index contributed by atoms with van der Waals surface area (Å²) in [5.41, 5.74) is 4.35. The van der Waals surface area contributed by atoms with Gasteiger partial charge in [0.2, 0.25) is 0 Å². The van der Waals surface area contributed by atoms with Gasteiger partial charge in [-0.3, -0.25) is 4.48 Å². The molecule has 5 aliphatic heterocycles. The van der Waals surface area contributed by atoms with Crippen molar-refractivity contribution >= 4 is 10.9 Å². The standard InChI is InChI=1S/C21H27N2O2/c1-11-19-13-8-18-20-14(12-6-4-5-7-16(12)22(20)2)9-17(15(13)10-25-11)23(18,3)21(19)24/h4-7,11,13,15,17-19,21,24H,8-10H2,1-3H3/q+1/t11-,13-,15-,17+,18+,19+,21-,23?/m1/s1. The second kappa shape index (κ2) is 4.48. The van der Waals surface area contributed by atoms with E-state index >= 15 is 0 Å². The summed E-state index contributed by atoms with van der Waals surface area (Å²) < 4.78 is 9.34. The van der Waals surface area contributed by atoms with Gasteiger partial charge in [0.15, 0.2) is 6.23 Å². The molecule has 4 fully saturated rings. The van der Waals surface area contributed by atoms with Crippen LogP contribution < -0.4 is 0 Å². The molecule has 0 radical (unpaired) electrons. The van der Waals surface area contributed by atoms with E-state index in [0.29, 0.717) is 29.8 Å². The molecule has 7 rings (SSSR count). The van der Waals surface area contributed by atoms with Crippen LogP contribution in [0.2, 0.25) is 0 Å². The Hall–Kier alpha value is -1.36. The molecule has 2 aromatic rings. The summed E-state index contributed by atoms with van der Waals surface area (Å²) in [6.45, 7) is 3.04.